The molecule has 8 heteroatoms. The number of esters is 1. The van der Waals surface area contributed by atoms with Gasteiger partial charge in [-0.3, -0.25) is 0 Å². The van der Waals surface area contributed by atoms with Crippen LogP contribution in [0, 0.1) is 6.92 Å². The van der Waals surface area contributed by atoms with Crippen LogP contribution in [-0.2, 0) is 14.6 Å². The Labute approximate surface area is 177 Å². The zero-order valence-corrected chi connectivity index (χ0v) is 18.6. The molecule has 2 aromatic carbocycles. The van der Waals surface area contributed by atoms with Gasteiger partial charge in [0.1, 0.15) is 0 Å². The maximum Gasteiger partial charge on any atom is 0.338 e. The summed E-state index contributed by atoms with van der Waals surface area (Å²) in [7, 11) is -3.23. The van der Waals surface area contributed by atoms with Crippen molar-refractivity contribution in [2.75, 3.05) is 18.2 Å². The highest BCUT2D eigenvalue weighted by molar-refractivity contribution is 7.90. The van der Waals surface area contributed by atoms with Gasteiger partial charge >= 0.3 is 5.97 Å². The highest BCUT2D eigenvalue weighted by Gasteiger charge is 2.16. The normalized spacial score (nSPS) is 12.1. The SMILES string of the molecule is CCOC(=O)c1cccc(NC(=S)NC(CC)c2ccc(S(C)(=O)=O)cc2)c1C. The Morgan fingerprint density at radius 1 is 1.14 bits per heavy atom. The third-order valence-corrected chi connectivity index (χ3v) is 5.85. The first kappa shape index (κ1) is 22.8. The van der Waals surface area contributed by atoms with Gasteiger partial charge in [0.15, 0.2) is 14.9 Å². The lowest BCUT2D eigenvalue weighted by molar-refractivity contribution is 0.0525. The molecule has 0 aliphatic heterocycles. The molecule has 0 aromatic heterocycles. The van der Waals surface area contributed by atoms with Crippen LogP contribution in [0.1, 0.15) is 47.8 Å². The molecule has 29 heavy (non-hydrogen) atoms. The molecule has 2 aromatic rings. The fourth-order valence-electron chi connectivity index (χ4n) is 2.89. The fourth-order valence-corrected chi connectivity index (χ4v) is 3.77. The van der Waals surface area contributed by atoms with Crippen LogP contribution in [0.25, 0.3) is 0 Å². The van der Waals surface area contributed by atoms with Gasteiger partial charge in [0, 0.05) is 11.9 Å². The van der Waals surface area contributed by atoms with Crippen LogP contribution in [0.5, 0.6) is 0 Å². The van der Waals surface area contributed by atoms with Crippen molar-refractivity contribution >= 4 is 38.8 Å². The van der Waals surface area contributed by atoms with Crippen LogP contribution >= 0.6 is 12.2 Å². The van der Waals surface area contributed by atoms with E-state index in [1.807, 2.05) is 19.9 Å². The second kappa shape index (κ2) is 9.84. The maximum atomic E-state index is 12.1. The molecule has 0 spiro atoms. The van der Waals surface area contributed by atoms with E-state index in [9.17, 15) is 13.2 Å². The average Bonchev–Trinajstić information content (AvgIpc) is 2.67. The monoisotopic (exact) mass is 434 g/mol. The standard InChI is InChI=1S/C21H26N2O4S2/c1-5-18(15-10-12-16(13-11-15)29(4,25)26)22-21(28)23-19-9-7-8-17(14(19)3)20(24)27-6-2/h7-13,18H,5-6H2,1-4H3,(H2,22,23,28). The number of carbonyl (C=O) groups is 1. The van der Waals surface area contributed by atoms with Gasteiger partial charge in [-0.1, -0.05) is 25.1 Å². The Morgan fingerprint density at radius 3 is 2.34 bits per heavy atom. The number of rotatable bonds is 7. The number of hydrogen-bond donors (Lipinski definition) is 2. The van der Waals surface area contributed by atoms with Gasteiger partial charge in [-0.2, -0.15) is 0 Å². The predicted octanol–water partition coefficient (Wildman–Crippen LogP) is 4.01. The summed E-state index contributed by atoms with van der Waals surface area (Å²) in [6.07, 6.45) is 1.94. The van der Waals surface area contributed by atoms with Gasteiger partial charge in [-0.25, -0.2) is 13.2 Å². The molecule has 1 unspecified atom stereocenters. The van der Waals surface area contributed by atoms with E-state index in [0.29, 0.717) is 17.3 Å². The molecule has 0 heterocycles. The second-order valence-electron chi connectivity index (χ2n) is 6.60. The van der Waals surface area contributed by atoms with Gasteiger partial charge in [0.25, 0.3) is 0 Å². The van der Waals surface area contributed by atoms with E-state index in [1.54, 1.807) is 43.3 Å². The van der Waals surface area contributed by atoms with Crippen LogP contribution in [0.15, 0.2) is 47.4 Å². The van der Waals surface area contributed by atoms with Gasteiger partial charge in [0.05, 0.1) is 23.1 Å². The van der Waals surface area contributed by atoms with Crippen molar-refractivity contribution in [2.24, 2.45) is 0 Å². The Hall–Kier alpha value is -2.45. The quantitative estimate of drug-likeness (QED) is 0.503. The summed E-state index contributed by atoms with van der Waals surface area (Å²) in [4.78, 5) is 12.4. The van der Waals surface area contributed by atoms with Crippen LogP contribution < -0.4 is 10.6 Å². The lowest BCUT2D eigenvalue weighted by atomic mass is 10.0. The predicted molar refractivity (Wildman–Crippen MR) is 119 cm³/mol. The number of nitrogens with one attached hydrogen (secondary N) is 2. The summed E-state index contributed by atoms with van der Waals surface area (Å²) < 4.78 is 28.4. The average molecular weight is 435 g/mol. The molecule has 6 nitrogen and oxygen atoms in total. The first-order valence-electron chi connectivity index (χ1n) is 9.31. The first-order chi connectivity index (χ1) is 13.7. The van der Waals surface area contributed by atoms with E-state index >= 15 is 0 Å². The van der Waals surface area contributed by atoms with E-state index < -0.39 is 9.84 Å². The minimum atomic E-state index is -3.23. The highest BCUT2D eigenvalue weighted by Crippen LogP contribution is 2.22. The Balaban J connectivity index is 2.13. The van der Waals surface area contributed by atoms with Crippen molar-refractivity contribution in [3.8, 4) is 0 Å². The number of hydrogen-bond acceptors (Lipinski definition) is 5. The summed E-state index contributed by atoms with van der Waals surface area (Å²) in [5.41, 5.74) is 2.89. The number of benzene rings is 2. The van der Waals surface area contributed by atoms with Crippen LogP contribution in [-0.4, -0.2) is 32.4 Å². The van der Waals surface area contributed by atoms with Crippen molar-refractivity contribution < 1.29 is 17.9 Å². The lowest BCUT2D eigenvalue weighted by Gasteiger charge is -2.21. The third kappa shape index (κ3) is 6.01. The summed E-state index contributed by atoms with van der Waals surface area (Å²) >= 11 is 5.45. The number of sulfone groups is 1. The molecule has 0 aliphatic rings. The van der Waals surface area contributed by atoms with Crippen molar-refractivity contribution in [1.82, 2.24) is 5.32 Å². The molecule has 0 amide bonds. The maximum absolute atomic E-state index is 12.1. The first-order valence-corrected chi connectivity index (χ1v) is 11.6. The number of anilines is 1. The lowest BCUT2D eigenvalue weighted by Crippen LogP contribution is -2.32. The minimum absolute atomic E-state index is 0.0860. The molecule has 1 atom stereocenters. The molecule has 0 bridgehead atoms. The molecule has 0 saturated heterocycles. The molecule has 0 radical (unpaired) electrons. The number of carbonyl (C=O) groups excluding carboxylic acids is 1. The zero-order valence-electron chi connectivity index (χ0n) is 17.0. The molecule has 0 fully saturated rings. The summed E-state index contributed by atoms with van der Waals surface area (Å²) in [6, 6.07) is 12.0. The molecule has 2 N–H and O–H groups in total. The van der Waals surface area contributed by atoms with E-state index in [1.165, 1.54) is 6.26 Å². The van der Waals surface area contributed by atoms with E-state index in [-0.39, 0.29) is 16.9 Å². The smallest absolute Gasteiger partial charge is 0.338 e. The fraction of sp³-hybridized carbons (Fsp3) is 0.333. The number of ether oxygens (including phenoxy) is 1. The molecule has 156 valence electrons. The summed E-state index contributed by atoms with van der Waals surface area (Å²) in [5.74, 6) is -0.370. The molecular formula is C21H26N2O4S2. The summed E-state index contributed by atoms with van der Waals surface area (Å²) in [6.45, 7) is 5.92. The van der Waals surface area contributed by atoms with Crippen molar-refractivity contribution in [3.63, 3.8) is 0 Å². The van der Waals surface area contributed by atoms with Crippen molar-refractivity contribution in [3.05, 3.63) is 59.2 Å². The van der Waals surface area contributed by atoms with Gasteiger partial charge < -0.3 is 15.4 Å². The van der Waals surface area contributed by atoms with Gasteiger partial charge in [-0.15, -0.1) is 0 Å². The van der Waals surface area contributed by atoms with Gasteiger partial charge in [-0.05, 0) is 67.9 Å². The van der Waals surface area contributed by atoms with E-state index in [2.05, 4.69) is 10.6 Å². The van der Waals surface area contributed by atoms with Crippen LogP contribution in [0.4, 0.5) is 5.69 Å². The van der Waals surface area contributed by atoms with Crippen LogP contribution in [0.3, 0.4) is 0 Å². The topological polar surface area (TPSA) is 84.5 Å². The van der Waals surface area contributed by atoms with Crippen molar-refractivity contribution in [2.45, 2.75) is 38.1 Å². The Bertz CT molecular complexity index is 986. The molecule has 0 aliphatic carbocycles. The summed E-state index contributed by atoms with van der Waals surface area (Å²) in [5, 5.41) is 6.79. The van der Waals surface area contributed by atoms with E-state index in [4.69, 9.17) is 17.0 Å². The van der Waals surface area contributed by atoms with E-state index in [0.717, 1.165) is 23.2 Å². The van der Waals surface area contributed by atoms with Crippen molar-refractivity contribution in [1.29, 1.82) is 0 Å². The second-order valence-corrected chi connectivity index (χ2v) is 9.02. The highest BCUT2D eigenvalue weighted by atomic mass is 32.2. The Morgan fingerprint density at radius 2 is 1.79 bits per heavy atom. The zero-order chi connectivity index (χ0) is 21.6. The van der Waals surface area contributed by atoms with Crippen LogP contribution in [0.2, 0.25) is 0 Å². The largest absolute Gasteiger partial charge is 0.462 e. The van der Waals surface area contributed by atoms with Gasteiger partial charge in [0.2, 0.25) is 0 Å². The third-order valence-electron chi connectivity index (χ3n) is 4.50. The molecular weight excluding hydrogens is 408 g/mol. The minimum Gasteiger partial charge on any atom is -0.462 e. The number of thiocarbonyl (C=S) groups is 1. The Kier molecular flexibility index (Phi) is 7.75. The molecule has 2 rings (SSSR count). The molecule has 0 saturated carbocycles.